The quantitative estimate of drug-likeness (QED) is 0.598. The predicted octanol–water partition coefficient (Wildman–Crippen LogP) is 2.93. The first-order valence-electron chi connectivity index (χ1n) is 12.0. The summed E-state index contributed by atoms with van der Waals surface area (Å²) < 4.78 is 12.0. The Kier molecular flexibility index (Phi) is 6.90. The Morgan fingerprint density at radius 1 is 1.15 bits per heavy atom. The molecule has 1 N–H and O–H groups in total. The molecule has 2 amide bonds. The minimum atomic E-state index is -1.18. The van der Waals surface area contributed by atoms with Crippen molar-refractivity contribution >= 4 is 17.8 Å². The number of esters is 1. The normalized spacial score (nSPS) is 20.2. The highest BCUT2D eigenvalue weighted by Gasteiger charge is 2.48. The first-order chi connectivity index (χ1) is 16.4. The van der Waals surface area contributed by atoms with Crippen molar-refractivity contribution in [2.24, 2.45) is 0 Å². The lowest BCUT2D eigenvalue weighted by atomic mass is 9.93. The van der Waals surface area contributed by atoms with E-state index in [9.17, 15) is 14.4 Å². The minimum Gasteiger partial charge on any atom is -0.494 e. The van der Waals surface area contributed by atoms with Gasteiger partial charge < -0.3 is 19.7 Å². The number of carbonyl (C=O) groups is 3. The summed E-state index contributed by atoms with van der Waals surface area (Å²) in [6.45, 7) is 6.54. The number of fused-ring (bicyclic) bond motifs is 1. The molecule has 2 heterocycles. The third-order valence-electron chi connectivity index (χ3n) is 6.54. The van der Waals surface area contributed by atoms with Gasteiger partial charge in [0.05, 0.1) is 19.8 Å². The summed E-state index contributed by atoms with van der Waals surface area (Å²) in [5, 5.41) is 7.45. The first-order valence-corrected chi connectivity index (χ1v) is 12.0. The van der Waals surface area contributed by atoms with Gasteiger partial charge in [-0.25, -0.2) is 4.79 Å². The van der Waals surface area contributed by atoms with Crippen LogP contribution < -0.4 is 10.1 Å². The lowest BCUT2D eigenvalue weighted by Crippen LogP contribution is -2.64. The Labute approximate surface area is 199 Å². The fourth-order valence-electron chi connectivity index (χ4n) is 4.65. The molecule has 1 atom stereocenters. The number of ether oxygens (including phenoxy) is 2. The second-order valence-corrected chi connectivity index (χ2v) is 8.99. The molecule has 1 unspecified atom stereocenters. The Hall–Kier alpha value is -3.36. The minimum absolute atomic E-state index is 0.0617. The fraction of sp³-hybridized carbons (Fsp3) is 0.520. The zero-order chi connectivity index (χ0) is 24.3. The van der Waals surface area contributed by atoms with Crippen LogP contribution in [-0.4, -0.2) is 57.3 Å². The third kappa shape index (κ3) is 4.64. The number of nitrogens with one attached hydrogen (secondary N) is 1. The van der Waals surface area contributed by atoms with E-state index in [0.29, 0.717) is 6.61 Å². The average Bonchev–Trinajstić information content (AvgIpc) is 3.48. The molecule has 0 radical (unpaired) electrons. The molecular weight excluding hydrogens is 436 g/mol. The summed E-state index contributed by atoms with van der Waals surface area (Å²) in [7, 11) is 0. The molecule has 1 aliphatic heterocycles. The number of amides is 2. The topological polar surface area (TPSA) is 103 Å². The number of hydrogen-bond acceptors (Lipinski definition) is 6. The smallest absolute Gasteiger partial charge is 0.358 e. The van der Waals surface area contributed by atoms with Gasteiger partial charge in [0.2, 0.25) is 5.91 Å². The summed E-state index contributed by atoms with van der Waals surface area (Å²) in [5.74, 6) is -0.410. The van der Waals surface area contributed by atoms with E-state index in [1.165, 1.54) is 10.7 Å². The van der Waals surface area contributed by atoms with Crippen molar-refractivity contribution in [1.29, 1.82) is 0 Å². The van der Waals surface area contributed by atoms with Gasteiger partial charge in [-0.15, -0.1) is 0 Å². The van der Waals surface area contributed by atoms with Crippen LogP contribution in [0.4, 0.5) is 0 Å². The third-order valence-corrected chi connectivity index (χ3v) is 6.54. The van der Waals surface area contributed by atoms with Gasteiger partial charge in [0, 0.05) is 18.7 Å². The van der Waals surface area contributed by atoms with Gasteiger partial charge in [-0.1, -0.05) is 25.0 Å². The molecule has 1 aliphatic carbocycles. The SMILES string of the molecule is CCOC(=O)c1cc2n(n1)CC(C)(C(=O)NC1CCCC1)N(Cc1ccc(OCC)cc1)C2=O. The van der Waals surface area contributed by atoms with Gasteiger partial charge >= 0.3 is 5.97 Å². The van der Waals surface area contributed by atoms with E-state index in [1.54, 1.807) is 18.7 Å². The molecule has 9 nitrogen and oxygen atoms in total. The predicted molar refractivity (Wildman–Crippen MR) is 124 cm³/mol. The highest BCUT2D eigenvalue weighted by Crippen LogP contribution is 2.31. The van der Waals surface area contributed by atoms with Crippen molar-refractivity contribution < 1.29 is 23.9 Å². The van der Waals surface area contributed by atoms with E-state index in [2.05, 4.69) is 10.4 Å². The van der Waals surface area contributed by atoms with Crippen molar-refractivity contribution in [1.82, 2.24) is 20.0 Å². The fourth-order valence-corrected chi connectivity index (χ4v) is 4.65. The molecule has 0 spiro atoms. The molecule has 1 aromatic carbocycles. The number of aromatic nitrogens is 2. The molecule has 0 saturated heterocycles. The molecular formula is C25H32N4O5. The summed E-state index contributed by atoms with van der Waals surface area (Å²) in [4.78, 5) is 41.0. The van der Waals surface area contributed by atoms with Crippen LogP contribution in [0.15, 0.2) is 30.3 Å². The molecule has 4 rings (SSSR count). The second kappa shape index (κ2) is 9.87. The van der Waals surface area contributed by atoms with Crippen molar-refractivity contribution in [3.63, 3.8) is 0 Å². The molecule has 1 saturated carbocycles. The van der Waals surface area contributed by atoms with E-state index in [1.807, 2.05) is 31.2 Å². The first kappa shape index (κ1) is 23.8. The summed E-state index contributed by atoms with van der Waals surface area (Å²) in [6.07, 6.45) is 4.05. The maximum atomic E-state index is 13.6. The van der Waals surface area contributed by atoms with E-state index >= 15 is 0 Å². The average molecular weight is 469 g/mol. The molecule has 2 aromatic rings. The molecule has 2 aliphatic rings. The Bertz CT molecular complexity index is 1060. The summed E-state index contributed by atoms with van der Waals surface area (Å²) in [6, 6.07) is 9.05. The molecule has 34 heavy (non-hydrogen) atoms. The van der Waals surface area contributed by atoms with Crippen LogP contribution in [0, 0.1) is 0 Å². The van der Waals surface area contributed by atoms with Crippen LogP contribution in [0.1, 0.15) is 73.0 Å². The van der Waals surface area contributed by atoms with E-state index in [-0.39, 0.29) is 48.9 Å². The van der Waals surface area contributed by atoms with Crippen molar-refractivity contribution in [2.45, 2.75) is 71.1 Å². The monoisotopic (exact) mass is 468 g/mol. The van der Waals surface area contributed by atoms with Gasteiger partial charge in [-0.05, 0) is 51.3 Å². The number of carbonyl (C=O) groups excluding carboxylic acids is 3. The lowest BCUT2D eigenvalue weighted by Gasteiger charge is -2.43. The van der Waals surface area contributed by atoms with Gasteiger partial charge in [0.15, 0.2) is 5.69 Å². The van der Waals surface area contributed by atoms with Crippen LogP contribution in [0.2, 0.25) is 0 Å². The molecule has 1 fully saturated rings. The standard InChI is InChI=1S/C25H32N4O5/c1-4-33-19-12-10-17(11-13-19)15-28-22(30)21-14-20(23(31)34-5-2)27-29(21)16-25(28,3)24(32)26-18-8-6-7-9-18/h10-14,18H,4-9,15-16H2,1-3H3,(H,26,32). The number of hydrogen-bond donors (Lipinski definition) is 1. The van der Waals surface area contributed by atoms with Crippen molar-refractivity contribution in [2.75, 3.05) is 13.2 Å². The highest BCUT2D eigenvalue weighted by molar-refractivity contribution is 6.01. The van der Waals surface area contributed by atoms with Crippen LogP contribution in [0.25, 0.3) is 0 Å². The summed E-state index contributed by atoms with van der Waals surface area (Å²) in [5.41, 5.74) is 0.0190. The van der Waals surface area contributed by atoms with Crippen molar-refractivity contribution in [3.8, 4) is 5.75 Å². The van der Waals surface area contributed by atoms with E-state index in [0.717, 1.165) is 37.0 Å². The number of rotatable bonds is 8. The van der Waals surface area contributed by atoms with Crippen LogP contribution in [0.5, 0.6) is 5.75 Å². The van der Waals surface area contributed by atoms with Crippen LogP contribution in [-0.2, 0) is 22.6 Å². The second-order valence-electron chi connectivity index (χ2n) is 8.99. The largest absolute Gasteiger partial charge is 0.494 e. The number of nitrogens with zero attached hydrogens (tertiary/aromatic N) is 3. The highest BCUT2D eigenvalue weighted by atomic mass is 16.5. The Morgan fingerprint density at radius 2 is 1.85 bits per heavy atom. The van der Waals surface area contributed by atoms with Gasteiger partial charge in [0.1, 0.15) is 17.0 Å². The van der Waals surface area contributed by atoms with Gasteiger partial charge in [-0.2, -0.15) is 5.10 Å². The Balaban J connectivity index is 1.66. The maximum Gasteiger partial charge on any atom is 0.358 e. The van der Waals surface area contributed by atoms with Crippen LogP contribution >= 0.6 is 0 Å². The van der Waals surface area contributed by atoms with E-state index in [4.69, 9.17) is 9.47 Å². The van der Waals surface area contributed by atoms with E-state index < -0.39 is 11.5 Å². The zero-order valence-electron chi connectivity index (χ0n) is 20.0. The van der Waals surface area contributed by atoms with Gasteiger partial charge in [0.25, 0.3) is 5.91 Å². The molecule has 0 bridgehead atoms. The zero-order valence-corrected chi connectivity index (χ0v) is 20.0. The Morgan fingerprint density at radius 3 is 2.50 bits per heavy atom. The molecule has 9 heteroatoms. The summed E-state index contributed by atoms with van der Waals surface area (Å²) >= 11 is 0. The maximum absolute atomic E-state index is 13.6. The van der Waals surface area contributed by atoms with Crippen molar-refractivity contribution in [3.05, 3.63) is 47.3 Å². The van der Waals surface area contributed by atoms with Gasteiger partial charge in [-0.3, -0.25) is 14.3 Å². The molecule has 182 valence electrons. The molecule has 1 aromatic heterocycles. The van der Waals surface area contributed by atoms with Crippen LogP contribution in [0.3, 0.4) is 0 Å². The number of benzene rings is 1. The lowest BCUT2D eigenvalue weighted by molar-refractivity contribution is -0.134.